The van der Waals surface area contributed by atoms with Crippen molar-refractivity contribution in [3.8, 4) is 11.5 Å². The molecule has 2 rings (SSSR count). The van der Waals surface area contributed by atoms with Crippen LogP contribution in [0.3, 0.4) is 0 Å². The highest BCUT2D eigenvalue weighted by Crippen LogP contribution is 2.30. The zero-order chi connectivity index (χ0) is 14.4. The Balaban J connectivity index is 1.60. The third-order valence-corrected chi connectivity index (χ3v) is 3.24. The van der Waals surface area contributed by atoms with Crippen LogP contribution in [0, 0.1) is 0 Å². The largest absolute Gasteiger partial charge is 0.486 e. The zero-order valence-electron chi connectivity index (χ0n) is 12.8. The number of nitrogens with zero attached hydrogens (tertiary/aromatic N) is 1. The molecule has 0 aromatic heterocycles. The van der Waals surface area contributed by atoms with Gasteiger partial charge in [-0.2, -0.15) is 0 Å². The van der Waals surface area contributed by atoms with Crippen molar-refractivity contribution < 1.29 is 18.7 Å². The van der Waals surface area contributed by atoms with E-state index in [2.05, 4.69) is 21.1 Å². The van der Waals surface area contributed by atoms with Crippen molar-refractivity contribution in [2.75, 3.05) is 47.5 Å². The maximum atomic E-state index is 5.84. The topological polar surface area (TPSA) is 27.7 Å². The van der Waals surface area contributed by atoms with Crippen molar-refractivity contribution in [1.82, 2.24) is 0 Å². The number of hydrogen-bond acceptors (Lipinski definition) is 3. The quantitative estimate of drug-likeness (QED) is 0.567. The highest BCUT2D eigenvalue weighted by Gasteiger charge is 2.20. The SMILES string of the molecule is C[N+](C)(C)CCCCOCC1COc2ccccc2O1. The molecule has 1 aliphatic rings. The Morgan fingerprint density at radius 2 is 1.90 bits per heavy atom. The smallest absolute Gasteiger partial charge is 0.161 e. The summed E-state index contributed by atoms with van der Waals surface area (Å²) in [6.07, 6.45) is 2.29. The summed E-state index contributed by atoms with van der Waals surface area (Å²) in [5, 5.41) is 0. The summed E-state index contributed by atoms with van der Waals surface area (Å²) in [4.78, 5) is 0. The summed E-state index contributed by atoms with van der Waals surface area (Å²) in [6.45, 7) is 3.13. The Morgan fingerprint density at radius 1 is 1.15 bits per heavy atom. The average Bonchev–Trinajstić information content (AvgIpc) is 2.41. The molecule has 1 atom stereocenters. The van der Waals surface area contributed by atoms with Gasteiger partial charge in [-0.25, -0.2) is 0 Å². The van der Waals surface area contributed by atoms with Gasteiger partial charge >= 0.3 is 0 Å². The third-order valence-electron chi connectivity index (χ3n) is 3.24. The van der Waals surface area contributed by atoms with Gasteiger partial charge in [-0.3, -0.25) is 0 Å². The summed E-state index contributed by atoms with van der Waals surface area (Å²) in [7, 11) is 6.64. The first-order valence-corrected chi connectivity index (χ1v) is 7.31. The fourth-order valence-electron chi connectivity index (χ4n) is 2.15. The van der Waals surface area contributed by atoms with E-state index < -0.39 is 0 Å². The van der Waals surface area contributed by atoms with Gasteiger partial charge in [0.2, 0.25) is 0 Å². The van der Waals surface area contributed by atoms with E-state index in [-0.39, 0.29) is 6.10 Å². The first-order valence-electron chi connectivity index (χ1n) is 7.31. The minimum atomic E-state index is 0.00305. The number of rotatable bonds is 7. The molecular formula is C16H26NO3+. The van der Waals surface area contributed by atoms with Gasteiger partial charge in [0.1, 0.15) is 6.61 Å². The van der Waals surface area contributed by atoms with Crippen LogP contribution >= 0.6 is 0 Å². The Morgan fingerprint density at radius 3 is 2.65 bits per heavy atom. The summed E-state index contributed by atoms with van der Waals surface area (Å²) < 4.78 is 18.2. The molecule has 112 valence electrons. The highest BCUT2D eigenvalue weighted by atomic mass is 16.6. The molecule has 0 aliphatic carbocycles. The lowest BCUT2D eigenvalue weighted by Gasteiger charge is -2.26. The number of ether oxygens (including phenoxy) is 3. The van der Waals surface area contributed by atoms with E-state index in [1.807, 2.05) is 24.3 Å². The molecule has 4 nitrogen and oxygen atoms in total. The minimum Gasteiger partial charge on any atom is -0.486 e. The van der Waals surface area contributed by atoms with Crippen molar-refractivity contribution in [3.05, 3.63) is 24.3 Å². The first-order chi connectivity index (χ1) is 9.54. The van der Waals surface area contributed by atoms with Gasteiger partial charge in [0.25, 0.3) is 0 Å². The van der Waals surface area contributed by atoms with Gasteiger partial charge in [0.15, 0.2) is 17.6 Å². The number of benzene rings is 1. The molecule has 1 unspecified atom stereocenters. The highest BCUT2D eigenvalue weighted by molar-refractivity contribution is 5.40. The van der Waals surface area contributed by atoms with Crippen LogP contribution in [0.15, 0.2) is 24.3 Å². The number of fused-ring (bicyclic) bond motifs is 1. The van der Waals surface area contributed by atoms with Crippen molar-refractivity contribution in [3.63, 3.8) is 0 Å². The molecule has 0 fully saturated rings. The number of unbranched alkanes of at least 4 members (excludes halogenated alkanes) is 1. The van der Waals surface area contributed by atoms with E-state index in [4.69, 9.17) is 14.2 Å². The van der Waals surface area contributed by atoms with Gasteiger partial charge in [0, 0.05) is 6.61 Å². The minimum absolute atomic E-state index is 0.00305. The second-order valence-electron chi connectivity index (χ2n) is 6.29. The van der Waals surface area contributed by atoms with Crippen LogP contribution in [0.1, 0.15) is 12.8 Å². The van der Waals surface area contributed by atoms with Crippen LogP contribution in [0.2, 0.25) is 0 Å². The van der Waals surface area contributed by atoms with Crippen LogP contribution in [-0.2, 0) is 4.74 Å². The van der Waals surface area contributed by atoms with Crippen LogP contribution < -0.4 is 9.47 Å². The Labute approximate surface area is 121 Å². The molecule has 1 aliphatic heterocycles. The average molecular weight is 280 g/mol. The Bertz CT molecular complexity index is 414. The zero-order valence-corrected chi connectivity index (χ0v) is 12.8. The molecule has 20 heavy (non-hydrogen) atoms. The standard InChI is InChI=1S/C16H26NO3/c1-17(2,3)10-6-7-11-18-12-14-13-19-15-8-4-5-9-16(15)20-14/h4-5,8-9,14H,6-7,10-13H2,1-3H3/q+1. The van der Waals surface area contributed by atoms with Gasteiger partial charge in [0.05, 0.1) is 34.3 Å². The summed E-state index contributed by atoms with van der Waals surface area (Å²) >= 11 is 0. The number of para-hydroxylation sites is 2. The second-order valence-corrected chi connectivity index (χ2v) is 6.29. The van der Waals surface area contributed by atoms with Crippen molar-refractivity contribution in [2.45, 2.75) is 18.9 Å². The molecule has 0 saturated carbocycles. The lowest BCUT2D eigenvalue weighted by atomic mass is 10.2. The molecule has 0 bridgehead atoms. The maximum Gasteiger partial charge on any atom is 0.161 e. The van der Waals surface area contributed by atoms with E-state index in [0.29, 0.717) is 13.2 Å². The fraction of sp³-hybridized carbons (Fsp3) is 0.625. The van der Waals surface area contributed by atoms with Crippen LogP contribution in [0.4, 0.5) is 0 Å². The van der Waals surface area contributed by atoms with E-state index >= 15 is 0 Å². The van der Waals surface area contributed by atoms with Crippen LogP contribution in [-0.4, -0.2) is 58.1 Å². The summed E-state index contributed by atoms with van der Waals surface area (Å²) in [5.74, 6) is 1.64. The molecule has 0 spiro atoms. The van der Waals surface area contributed by atoms with Crippen LogP contribution in [0.25, 0.3) is 0 Å². The monoisotopic (exact) mass is 280 g/mol. The van der Waals surface area contributed by atoms with Crippen molar-refractivity contribution in [2.24, 2.45) is 0 Å². The maximum absolute atomic E-state index is 5.84. The van der Waals surface area contributed by atoms with E-state index in [9.17, 15) is 0 Å². The molecule has 1 aromatic rings. The summed E-state index contributed by atoms with van der Waals surface area (Å²) in [6, 6.07) is 7.77. The molecule has 0 radical (unpaired) electrons. The number of hydrogen-bond donors (Lipinski definition) is 0. The van der Waals surface area contributed by atoms with E-state index in [1.54, 1.807) is 0 Å². The normalized spacial score (nSPS) is 18.1. The van der Waals surface area contributed by atoms with Crippen molar-refractivity contribution >= 4 is 0 Å². The lowest BCUT2D eigenvalue weighted by molar-refractivity contribution is -0.870. The predicted molar refractivity (Wildman–Crippen MR) is 79.3 cm³/mol. The predicted octanol–water partition coefficient (Wildman–Crippen LogP) is 2.33. The lowest BCUT2D eigenvalue weighted by Crippen LogP contribution is -2.35. The van der Waals surface area contributed by atoms with E-state index in [0.717, 1.165) is 29.0 Å². The van der Waals surface area contributed by atoms with Gasteiger partial charge < -0.3 is 18.7 Å². The second kappa shape index (κ2) is 6.95. The Kier molecular flexibility index (Phi) is 5.26. The molecule has 1 heterocycles. The molecular weight excluding hydrogens is 254 g/mol. The van der Waals surface area contributed by atoms with E-state index in [1.165, 1.54) is 13.0 Å². The molecule has 0 saturated heterocycles. The number of quaternary nitrogens is 1. The van der Waals surface area contributed by atoms with Gasteiger partial charge in [-0.15, -0.1) is 0 Å². The molecule has 0 amide bonds. The first kappa shape index (κ1) is 15.1. The Hall–Kier alpha value is -1.26. The molecule has 0 N–H and O–H groups in total. The fourth-order valence-corrected chi connectivity index (χ4v) is 2.15. The molecule has 1 aromatic carbocycles. The van der Waals surface area contributed by atoms with Gasteiger partial charge in [-0.1, -0.05) is 12.1 Å². The van der Waals surface area contributed by atoms with Gasteiger partial charge in [-0.05, 0) is 25.0 Å². The van der Waals surface area contributed by atoms with Crippen molar-refractivity contribution in [1.29, 1.82) is 0 Å². The summed E-state index contributed by atoms with van der Waals surface area (Å²) in [5.41, 5.74) is 0. The van der Waals surface area contributed by atoms with Crippen LogP contribution in [0.5, 0.6) is 11.5 Å². The molecule has 4 heteroatoms. The third kappa shape index (κ3) is 5.02.